The number of carbonyl (C=O) groups is 1. The molecule has 0 fully saturated rings. The van der Waals surface area contributed by atoms with Crippen LogP contribution in [-0.4, -0.2) is 46.7 Å². The van der Waals surface area contributed by atoms with Crippen LogP contribution < -0.4 is 5.73 Å². The number of ether oxygens (including phenoxy) is 1. The van der Waals surface area contributed by atoms with E-state index in [1.54, 1.807) is 0 Å². The van der Waals surface area contributed by atoms with Crippen LogP contribution in [0.1, 0.15) is 13.8 Å². The summed E-state index contributed by atoms with van der Waals surface area (Å²) in [5.74, 6) is -4.83. The van der Waals surface area contributed by atoms with E-state index in [0.29, 0.717) is 0 Å². The van der Waals surface area contributed by atoms with Gasteiger partial charge < -0.3 is 25.8 Å². The van der Waals surface area contributed by atoms with Gasteiger partial charge in [0.2, 0.25) is 0 Å². The van der Waals surface area contributed by atoms with Crippen LogP contribution in [0.3, 0.4) is 0 Å². The molecule has 0 rings (SSSR count). The summed E-state index contributed by atoms with van der Waals surface area (Å²) < 4.78 is 4.47. The fraction of sp³-hybridized carbons (Fsp3) is 0.833. The van der Waals surface area contributed by atoms with Gasteiger partial charge in [-0.05, 0) is 13.8 Å². The Morgan fingerprint density at radius 1 is 1.46 bits per heavy atom. The normalized spacial score (nSPS) is 16.8. The largest absolute Gasteiger partial charge is 0.462 e. The average Bonchev–Trinajstić information content (AvgIpc) is 1.82. The summed E-state index contributed by atoms with van der Waals surface area (Å²) in [6.07, 6.45) is -0.527. The third-order valence-corrected chi connectivity index (χ3v) is 1.24. The summed E-state index contributed by atoms with van der Waals surface area (Å²) in [5, 5.41) is 25.8. The first-order valence-electron chi connectivity index (χ1n) is 3.55. The maximum absolute atomic E-state index is 11.0. The fourth-order valence-electron chi connectivity index (χ4n) is 0.449. The van der Waals surface area contributed by atoms with Gasteiger partial charge in [-0.2, -0.15) is 0 Å². The molecule has 74 valence electrons. The Morgan fingerprint density at radius 2 is 1.85 bits per heavy atom. The second kappa shape index (κ2) is 3.63. The topological polar surface area (TPSA) is 113 Å². The van der Waals surface area contributed by atoms with Crippen LogP contribution in [0.15, 0.2) is 0 Å². The first kappa shape index (κ1) is 12.4. The van der Waals surface area contributed by atoms with Crippen molar-refractivity contribution in [2.75, 3.05) is 0 Å². The lowest BCUT2D eigenvalue weighted by Gasteiger charge is -2.31. The van der Waals surface area contributed by atoms with Crippen LogP contribution in [0.4, 0.5) is 0 Å². The van der Waals surface area contributed by atoms with Gasteiger partial charge in [-0.1, -0.05) is 0 Å². The van der Waals surface area contributed by atoms with E-state index in [9.17, 15) is 4.79 Å². The minimum atomic E-state index is -3.51. The molecule has 5 N–H and O–H groups in total. The van der Waals surface area contributed by atoms with E-state index in [2.05, 4.69) is 4.74 Å². The quantitative estimate of drug-likeness (QED) is 0.220. The van der Waals surface area contributed by atoms with Crippen LogP contribution in [0.2, 0.25) is 0 Å². The van der Waals surface area contributed by atoms with Gasteiger partial charge in [0.05, 0.1) is 6.10 Å². The highest BCUT2D eigenvalue weighted by atomic mass is 16.7. The number of carbonyl (C=O) groups excluding carboxylic acids is 1. The minimum Gasteiger partial charge on any atom is -0.462 e. The predicted molar refractivity (Wildman–Crippen MR) is 43.3 cm³/mol. The summed E-state index contributed by atoms with van der Waals surface area (Å²) in [6.45, 7) is 3.03. The van der Waals surface area contributed by atoms with Crippen molar-refractivity contribution in [2.24, 2.45) is 5.73 Å². The van der Waals surface area contributed by atoms with Crippen LogP contribution in [-0.2, 0) is 9.53 Å². The lowest BCUT2D eigenvalue weighted by atomic mass is 9.76. The van der Waals surface area contributed by atoms with Crippen molar-refractivity contribution in [2.45, 2.75) is 31.4 Å². The highest BCUT2D eigenvalue weighted by Gasteiger charge is 2.48. The lowest BCUT2D eigenvalue weighted by molar-refractivity contribution is -0.329. The Balaban J connectivity index is 4.56. The number of hydrogen-bond acceptors (Lipinski definition) is 6. The molecule has 0 saturated carbocycles. The van der Waals surface area contributed by atoms with E-state index in [-0.39, 0.29) is 0 Å². The predicted octanol–water partition coefficient (Wildman–Crippen LogP) is -2.61. The molecule has 0 aromatic heterocycles. The highest BCUT2D eigenvalue weighted by molar-refractivity contribution is 6.27. The smallest absolute Gasteiger partial charge is 0.324 e. The number of esters is 1. The molecule has 7 heteroatoms. The molecule has 0 heterocycles. The van der Waals surface area contributed by atoms with Crippen molar-refractivity contribution in [3.05, 3.63) is 0 Å². The Kier molecular flexibility index (Phi) is 3.45. The lowest BCUT2D eigenvalue weighted by Crippen LogP contribution is -2.67. The Bertz CT molecular complexity index is 198. The molecule has 0 aromatic rings. The Hall–Kier alpha value is -0.625. The molecule has 0 aromatic carbocycles. The van der Waals surface area contributed by atoms with Crippen LogP contribution in [0.5, 0.6) is 0 Å². The van der Waals surface area contributed by atoms with Crippen molar-refractivity contribution in [1.82, 2.24) is 0 Å². The molecule has 1 atom stereocenters. The molecule has 0 amide bonds. The zero-order valence-corrected chi connectivity index (χ0v) is 7.39. The second-order valence-corrected chi connectivity index (χ2v) is 2.96. The molecule has 0 aliphatic rings. The molecule has 13 heavy (non-hydrogen) atoms. The number of hydrogen-bond donors (Lipinski definition) is 4. The summed E-state index contributed by atoms with van der Waals surface area (Å²) >= 11 is 0. The number of aliphatic hydroxyl groups is 3. The van der Waals surface area contributed by atoms with Gasteiger partial charge in [0.15, 0.2) is 5.44 Å². The van der Waals surface area contributed by atoms with E-state index in [0.717, 1.165) is 0 Å². The molecule has 1 unspecified atom stereocenters. The first-order chi connectivity index (χ1) is 5.59. The summed E-state index contributed by atoms with van der Waals surface area (Å²) in [6, 6.07) is 0. The molecule has 0 aliphatic carbocycles. The van der Waals surface area contributed by atoms with Gasteiger partial charge in [0.1, 0.15) is 7.85 Å². The number of nitrogens with two attached hydrogens (primary N) is 1. The van der Waals surface area contributed by atoms with Gasteiger partial charge in [-0.3, -0.25) is 4.79 Å². The molecule has 0 aliphatic heterocycles. The van der Waals surface area contributed by atoms with Gasteiger partial charge in [-0.25, -0.2) is 0 Å². The van der Waals surface area contributed by atoms with Crippen LogP contribution >= 0.6 is 0 Å². The van der Waals surface area contributed by atoms with E-state index < -0.39 is 23.5 Å². The summed E-state index contributed by atoms with van der Waals surface area (Å²) in [4.78, 5) is 11.0. The third kappa shape index (κ3) is 2.96. The van der Waals surface area contributed by atoms with Crippen LogP contribution in [0, 0.1) is 0 Å². The molecular formula is C6H12BNO5. The molecule has 0 spiro atoms. The maximum Gasteiger partial charge on any atom is 0.324 e. The van der Waals surface area contributed by atoms with Crippen LogP contribution in [0.25, 0.3) is 0 Å². The zero-order valence-electron chi connectivity index (χ0n) is 7.39. The van der Waals surface area contributed by atoms with E-state index >= 15 is 0 Å². The van der Waals surface area contributed by atoms with Gasteiger partial charge in [0.25, 0.3) is 5.97 Å². The van der Waals surface area contributed by atoms with Crippen molar-refractivity contribution in [1.29, 1.82) is 0 Å². The molecule has 0 bridgehead atoms. The SMILES string of the molecule is [B]C(N)(C(=O)OC(C)C)C(O)(O)O. The minimum absolute atomic E-state index is 0.527. The Labute approximate surface area is 76.7 Å². The van der Waals surface area contributed by atoms with Crippen molar-refractivity contribution >= 4 is 13.8 Å². The van der Waals surface area contributed by atoms with Crippen molar-refractivity contribution in [3.8, 4) is 0 Å². The maximum atomic E-state index is 11.0. The standard InChI is InChI=1S/C6H12BNO5/c1-3(2)13-4(9)5(7,8)6(10,11)12/h3,10-12H,8H2,1-2H3. The number of rotatable bonds is 3. The summed E-state index contributed by atoms with van der Waals surface area (Å²) in [7, 11) is 4.94. The van der Waals surface area contributed by atoms with Gasteiger partial charge in [0, 0.05) is 0 Å². The first-order valence-corrected chi connectivity index (χ1v) is 3.55. The fourth-order valence-corrected chi connectivity index (χ4v) is 0.449. The molecule has 2 radical (unpaired) electrons. The summed E-state index contributed by atoms with van der Waals surface area (Å²) in [5.41, 5.74) is 2.17. The van der Waals surface area contributed by atoms with Gasteiger partial charge >= 0.3 is 5.97 Å². The van der Waals surface area contributed by atoms with Crippen molar-refractivity contribution in [3.63, 3.8) is 0 Å². The molecule has 6 nitrogen and oxygen atoms in total. The Morgan fingerprint density at radius 3 is 2.08 bits per heavy atom. The van der Waals surface area contributed by atoms with E-state index in [4.69, 9.17) is 28.9 Å². The third-order valence-electron chi connectivity index (χ3n) is 1.24. The van der Waals surface area contributed by atoms with E-state index in [1.807, 2.05) is 0 Å². The monoisotopic (exact) mass is 189 g/mol. The zero-order chi connectivity index (χ0) is 10.9. The average molecular weight is 189 g/mol. The highest BCUT2D eigenvalue weighted by Crippen LogP contribution is 2.13. The molecular weight excluding hydrogens is 177 g/mol. The van der Waals surface area contributed by atoms with Crippen molar-refractivity contribution < 1.29 is 24.9 Å². The van der Waals surface area contributed by atoms with E-state index in [1.165, 1.54) is 13.8 Å². The molecule has 0 saturated heterocycles. The van der Waals surface area contributed by atoms with Gasteiger partial charge in [-0.15, -0.1) is 0 Å². The second-order valence-electron chi connectivity index (χ2n) is 2.96.